The summed E-state index contributed by atoms with van der Waals surface area (Å²) in [4.78, 5) is 1.94. The summed E-state index contributed by atoms with van der Waals surface area (Å²) in [5.41, 5.74) is 1.99. The molecule has 2 aromatic rings. The molecule has 0 aromatic heterocycles. The maximum atomic E-state index is 8.26. The highest BCUT2D eigenvalue weighted by Crippen LogP contribution is 2.28. The van der Waals surface area contributed by atoms with Gasteiger partial charge >= 0.3 is 0 Å². The standard InChI is InChI=1S/C16H16N2S/c1-2-13-19-16(17)18(14-9-5-3-6-10-14)15-11-7-4-8-12-15/h2-13,17H,1H3. The van der Waals surface area contributed by atoms with Crippen LogP contribution >= 0.6 is 11.8 Å². The van der Waals surface area contributed by atoms with Gasteiger partial charge in [-0.05, 0) is 36.6 Å². The molecule has 0 saturated heterocycles. The van der Waals surface area contributed by atoms with E-state index in [-0.39, 0.29) is 0 Å². The average Bonchev–Trinajstić information content (AvgIpc) is 2.47. The van der Waals surface area contributed by atoms with Crippen molar-refractivity contribution in [2.45, 2.75) is 6.92 Å². The van der Waals surface area contributed by atoms with E-state index < -0.39 is 0 Å². The molecule has 19 heavy (non-hydrogen) atoms. The predicted octanol–water partition coefficient (Wildman–Crippen LogP) is 5.03. The number of hydrogen-bond acceptors (Lipinski definition) is 2. The van der Waals surface area contributed by atoms with Crippen LogP contribution in [0.4, 0.5) is 11.4 Å². The lowest BCUT2D eigenvalue weighted by Crippen LogP contribution is -2.21. The summed E-state index contributed by atoms with van der Waals surface area (Å²) >= 11 is 1.40. The highest BCUT2D eigenvalue weighted by Gasteiger charge is 2.13. The molecule has 0 bridgehead atoms. The second-order valence-corrected chi connectivity index (χ2v) is 4.79. The predicted molar refractivity (Wildman–Crippen MR) is 85.2 cm³/mol. The minimum absolute atomic E-state index is 0.482. The Morgan fingerprint density at radius 2 is 1.42 bits per heavy atom. The zero-order chi connectivity index (χ0) is 13.5. The van der Waals surface area contributed by atoms with E-state index in [0.29, 0.717) is 5.17 Å². The van der Waals surface area contributed by atoms with E-state index in [4.69, 9.17) is 5.41 Å². The van der Waals surface area contributed by atoms with Crippen LogP contribution in [0.3, 0.4) is 0 Å². The lowest BCUT2D eigenvalue weighted by molar-refractivity contribution is 1.33. The second kappa shape index (κ2) is 6.81. The Morgan fingerprint density at radius 3 is 1.84 bits per heavy atom. The fourth-order valence-corrected chi connectivity index (χ4v) is 2.30. The topological polar surface area (TPSA) is 27.1 Å². The smallest absolute Gasteiger partial charge is 0.169 e. The van der Waals surface area contributed by atoms with Gasteiger partial charge in [-0.25, -0.2) is 0 Å². The fourth-order valence-electron chi connectivity index (χ4n) is 1.72. The van der Waals surface area contributed by atoms with E-state index >= 15 is 0 Å². The first-order chi connectivity index (χ1) is 9.33. The lowest BCUT2D eigenvalue weighted by Gasteiger charge is -2.24. The first kappa shape index (κ1) is 13.4. The van der Waals surface area contributed by atoms with Crippen LogP contribution < -0.4 is 4.90 Å². The highest BCUT2D eigenvalue weighted by molar-refractivity contribution is 8.16. The van der Waals surface area contributed by atoms with Gasteiger partial charge in [0, 0.05) is 11.4 Å². The number of hydrogen-bond donors (Lipinski definition) is 1. The van der Waals surface area contributed by atoms with Gasteiger partial charge in [-0.3, -0.25) is 10.3 Å². The van der Waals surface area contributed by atoms with Crippen LogP contribution in [0.1, 0.15) is 6.92 Å². The third kappa shape index (κ3) is 3.48. The number of para-hydroxylation sites is 2. The summed E-state index contributed by atoms with van der Waals surface area (Å²) < 4.78 is 0. The monoisotopic (exact) mass is 268 g/mol. The number of amidine groups is 1. The third-order valence-electron chi connectivity index (χ3n) is 2.55. The van der Waals surface area contributed by atoms with Gasteiger partial charge < -0.3 is 0 Å². The van der Waals surface area contributed by atoms with Crippen molar-refractivity contribution in [1.29, 1.82) is 5.41 Å². The number of allylic oxidation sites excluding steroid dienone is 1. The van der Waals surface area contributed by atoms with Crippen LogP contribution in [0.25, 0.3) is 0 Å². The van der Waals surface area contributed by atoms with Crippen LogP contribution in [-0.2, 0) is 0 Å². The molecule has 2 aromatic carbocycles. The molecule has 0 aliphatic rings. The number of thioether (sulfide) groups is 1. The lowest BCUT2D eigenvalue weighted by atomic mass is 10.2. The molecule has 0 unspecified atom stereocenters. The van der Waals surface area contributed by atoms with Crippen molar-refractivity contribution in [2.75, 3.05) is 4.90 Å². The minimum atomic E-state index is 0.482. The molecule has 1 N–H and O–H groups in total. The van der Waals surface area contributed by atoms with Crippen LogP contribution in [0.2, 0.25) is 0 Å². The summed E-state index contributed by atoms with van der Waals surface area (Å²) in [6, 6.07) is 19.9. The Balaban J connectivity index is 2.37. The van der Waals surface area contributed by atoms with Crippen LogP contribution in [0, 0.1) is 5.41 Å². The maximum Gasteiger partial charge on any atom is 0.169 e. The molecule has 96 valence electrons. The molecular weight excluding hydrogens is 252 g/mol. The minimum Gasteiger partial charge on any atom is -0.290 e. The van der Waals surface area contributed by atoms with Crippen molar-refractivity contribution in [3.05, 3.63) is 72.1 Å². The fraction of sp³-hybridized carbons (Fsp3) is 0.0625. The molecule has 0 spiro atoms. The zero-order valence-corrected chi connectivity index (χ0v) is 11.6. The summed E-state index contributed by atoms with van der Waals surface area (Å²) in [5, 5.41) is 10.7. The summed E-state index contributed by atoms with van der Waals surface area (Å²) in [5.74, 6) is 0. The number of nitrogens with one attached hydrogen (secondary N) is 1. The Bertz CT molecular complexity index is 510. The Labute approximate surface area is 118 Å². The normalized spacial score (nSPS) is 10.6. The Kier molecular flexibility index (Phi) is 4.81. The second-order valence-electron chi connectivity index (χ2n) is 3.90. The molecule has 2 nitrogen and oxygen atoms in total. The zero-order valence-electron chi connectivity index (χ0n) is 10.8. The van der Waals surface area contributed by atoms with Gasteiger partial charge in [0.05, 0.1) is 0 Å². The van der Waals surface area contributed by atoms with E-state index in [0.717, 1.165) is 11.4 Å². The largest absolute Gasteiger partial charge is 0.290 e. The van der Waals surface area contributed by atoms with Crippen molar-refractivity contribution in [2.24, 2.45) is 0 Å². The molecule has 0 fully saturated rings. The van der Waals surface area contributed by atoms with Crippen molar-refractivity contribution in [3.63, 3.8) is 0 Å². The highest BCUT2D eigenvalue weighted by atomic mass is 32.2. The van der Waals surface area contributed by atoms with E-state index in [2.05, 4.69) is 0 Å². The number of nitrogens with zero attached hydrogens (tertiary/aromatic N) is 1. The molecule has 0 atom stereocenters. The quantitative estimate of drug-likeness (QED) is 0.624. The molecule has 2 rings (SSSR count). The summed E-state index contributed by atoms with van der Waals surface area (Å²) in [7, 11) is 0. The van der Waals surface area contributed by atoms with Crippen LogP contribution in [-0.4, -0.2) is 5.17 Å². The summed E-state index contributed by atoms with van der Waals surface area (Å²) in [6.45, 7) is 1.95. The van der Waals surface area contributed by atoms with Gasteiger partial charge in [0.15, 0.2) is 5.17 Å². The summed E-state index contributed by atoms with van der Waals surface area (Å²) in [6.07, 6.45) is 1.94. The molecule has 0 aliphatic heterocycles. The number of anilines is 2. The maximum absolute atomic E-state index is 8.26. The average molecular weight is 268 g/mol. The molecule has 0 heterocycles. The van der Waals surface area contributed by atoms with Crippen molar-refractivity contribution < 1.29 is 0 Å². The van der Waals surface area contributed by atoms with Gasteiger partial charge in [0.1, 0.15) is 0 Å². The van der Waals surface area contributed by atoms with Gasteiger partial charge in [-0.15, -0.1) is 0 Å². The van der Waals surface area contributed by atoms with Gasteiger partial charge in [-0.1, -0.05) is 54.2 Å². The van der Waals surface area contributed by atoms with E-state index in [9.17, 15) is 0 Å². The van der Waals surface area contributed by atoms with Crippen molar-refractivity contribution >= 4 is 28.3 Å². The molecule has 0 amide bonds. The van der Waals surface area contributed by atoms with E-state index in [1.807, 2.05) is 84.0 Å². The van der Waals surface area contributed by atoms with Crippen LogP contribution in [0.5, 0.6) is 0 Å². The molecule has 3 heteroatoms. The molecule has 0 saturated carbocycles. The number of rotatable bonds is 3. The van der Waals surface area contributed by atoms with Crippen LogP contribution in [0.15, 0.2) is 72.1 Å². The van der Waals surface area contributed by atoms with Crippen molar-refractivity contribution in [1.82, 2.24) is 0 Å². The molecule has 0 radical (unpaired) electrons. The Morgan fingerprint density at radius 1 is 0.947 bits per heavy atom. The van der Waals surface area contributed by atoms with E-state index in [1.54, 1.807) is 0 Å². The Hall–Kier alpha value is -2.00. The van der Waals surface area contributed by atoms with Gasteiger partial charge in [0.2, 0.25) is 0 Å². The molecular formula is C16H16N2S. The first-order valence-electron chi connectivity index (χ1n) is 6.09. The van der Waals surface area contributed by atoms with Gasteiger partial charge in [-0.2, -0.15) is 0 Å². The number of benzene rings is 2. The van der Waals surface area contributed by atoms with Crippen molar-refractivity contribution in [3.8, 4) is 0 Å². The molecule has 0 aliphatic carbocycles. The van der Waals surface area contributed by atoms with E-state index in [1.165, 1.54) is 11.8 Å². The third-order valence-corrected chi connectivity index (χ3v) is 3.36. The first-order valence-corrected chi connectivity index (χ1v) is 6.97. The van der Waals surface area contributed by atoms with Gasteiger partial charge in [0.25, 0.3) is 0 Å². The SMILES string of the molecule is CC=CSC(=N)N(c1ccccc1)c1ccccc1.